The monoisotopic (exact) mass is 333 g/mol. The summed E-state index contributed by atoms with van der Waals surface area (Å²) >= 11 is 0. The molecule has 2 aliphatic heterocycles. The van der Waals surface area contributed by atoms with Gasteiger partial charge in [-0.25, -0.2) is 0 Å². The van der Waals surface area contributed by atoms with Crippen LogP contribution in [0.25, 0.3) is 0 Å². The van der Waals surface area contributed by atoms with Crippen LogP contribution in [0.1, 0.15) is 19.8 Å². The number of hydrogen-bond acceptors (Lipinski definition) is 5. The first kappa shape index (κ1) is 16.7. The Morgan fingerprint density at radius 2 is 1.89 bits per heavy atom. The van der Waals surface area contributed by atoms with Gasteiger partial charge in [0.1, 0.15) is 0 Å². The zero-order valence-corrected chi connectivity index (χ0v) is 13.7. The minimum atomic E-state index is 0. The number of rotatable bonds is 4. The maximum absolute atomic E-state index is 4.50. The molecule has 112 valence electrons. The van der Waals surface area contributed by atoms with Crippen molar-refractivity contribution in [3.63, 3.8) is 0 Å². The molecule has 0 amide bonds. The van der Waals surface area contributed by atoms with Gasteiger partial charge in [0.25, 0.3) is 0 Å². The lowest BCUT2D eigenvalue weighted by Crippen LogP contribution is -2.49. The topological polar surface area (TPSA) is 42.9 Å². The van der Waals surface area contributed by atoms with Crippen LogP contribution in [0.3, 0.4) is 0 Å². The Balaban J connectivity index is 0.00000180. The van der Waals surface area contributed by atoms with Crippen LogP contribution in [0.4, 0.5) is 0 Å². The SMILES string of the molecule is Br.CCN1CCN(CCNC2=NCCCCN2)CC1. The lowest BCUT2D eigenvalue weighted by molar-refractivity contribution is 0.139. The second-order valence-electron chi connectivity index (χ2n) is 5.07. The van der Waals surface area contributed by atoms with Gasteiger partial charge in [0, 0.05) is 52.4 Å². The number of guanidine groups is 1. The Kier molecular flexibility index (Phi) is 8.41. The van der Waals surface area contributed by atoms with Crippen molar-refractivity contribution in [2.24, 2.45) is 4.99 Å². The van der Waals surface area contributed by atoms with Gasteiger partial charge in [-0.2, -0.15) is 0 Å². The average Bonchev–Trinajstić information content (AvgIpc) is 2.68. The van der Waals surface area contributed by atoms with E-state index in [0.29, 0.717) is 0 Å². The predicted octanol–water partition coefficient (Wildman–Crippen LogP) is 0.531. The van der Waals surface area contributed by atoms with Crippen molar-refractivity contribution in [1.29, 1.82) is 0 Å². The van der Waals surface area contributed by atoms with Crippen molar-refractivity contribution in [2.75, 3.05) is 58.9 Å². The van der Waals surface area contributed by atoms with Crippen molar-refractivity contribution >= 4 is 22.9 Å². The summed E-state index contributed by atoms with van der Waals surface area (Å²) in [6.45, 7) is 12.4. The molecular weight excluding hydrogens is 306 g/mol. The first-order valence-corrected chi connectivity index (χ1v) is 7.35. The van der Waals surface area contributed by atoms with Crippen molar-refractivity contribution in [1.82, 2.24) is 20.4 Å². The number of piperazine rings is 1. The highest BCUT2D eigenvalue weighted by Gasteiger charge is 2.14. The smallest absolute Gasteiger partial charge is 0.191 e. The molecule has 1 fully saturated rings. The number of hydrogen-bond donors (Lipinski definition) is 2. The summed E-state index contributed by atoms with van der Waals surface area (Å²) in [6.07, 6.45) is 2.44. The zero-order chi connectivity index (χ0) is 12.6. The van der Waals surface area contributed by atoms with Crippen LogP contribution in [0.2, 0.25) is 0 Å². The number of nitrogens with zero attached hydrogens (tertiary/aromatic N) is 3. The Morgan fingerprint density at radius 1 is 1.16 bits per heavy atom. The Bertz CT molecular complexity index is 264. The summed E-state index contributed by atoms with van der Waals surface area (Å²) < 4.78 is 0. The van der Waals surface area contributed by atoms with Crippen molar-refractivity contribution in [3.05, 3.63) is 0 Å². The summed E-state index contributed by atoms with van der Waals surface area (Å²) in [5, 5.41) is 6.77. The maximum atomic E-state index is 4.50. The highest BCUT2D eigenvalue weighted by Crippen LogP contribution is 2.00. The van der Waals surface area contributed by atoms with Gasteiger partial charge in [0.2, 0.25) is 0 Å². The van der Waals surface area contributed by atoms with Crippen LogP contribution >= 0.6 is 17.0 Å². The highest BCUT2D eigenvalue weighted by atomic mass is 79.9. The van der Waals surface area contributed by atoms with Gasteiger partial charge in [-0.15, -0.1) is 17.0 Å². The molecule has 0 radical (unpaired) electrons. The first-order chi connectivity index (χ1) is 8.88. The van der Waals surface area contributed by atoms with Crippen LogP contribution in [-0.2, 0) is 0 Å². The Hall–Kier alpha value is -0.330. The van der Waals surface area contributed by atoms with Gasteiger partial charge in [-0.1, -0.05) is 6.92 Å². The van der Waals surface area contributed by atoms with Crippen molar-refractivity contribution < 1.29 is 0 Å². The summed E-state index contributed by atoms with van der Waals surface area (Å²) in [7, 11) is 0. The number of nitrogens with one attached hydrogen (secondary N) is 2. The summed E-state index contributed by atoms with van der Waals surface area (Å²) in [5.74, 6) is 1.000. The molecule has 0 unspecified atom stereocenters. The zero-order valence-electron chi connectivity index (χ0n) is 12.0. The lowest BCUT2D eigenvalue weighted by Gasteiger charge is -2.34. The van der Waals surface area contributed by atoms with E-state index in [4.69, 9.17) is 0 Å². The molecule has 0 bridgehead atoms. The Morgan fingerprint density at radius 3 is 2.63 bits per heavy atom. The minimum absolute atomic E-state index is 0. The van der Waals surface area contributed by atoms with E-state index >= 15 is 0 Å². The largest absolute Gasteiger partial charge is 0.356 e. The molecule has 0 saturated carbocycles. The number of likely N-dealkylation sites (N-methyl/N-ethyl adjacent to an activating group) is 1. The second kappa shape index (κ2) is 9.55. The van der Waals surface area contributed by atoms with E-state index in [9.17, 15) is 0 Å². The van der Waals surface area contributed by atoms with Gasteiger partial charge < -0.3 is 15.5 Å². The molecule has 0 aliphatic carbocycles. The fraction of sp³-hybridized carbons (Fsp3) is 0.923. The van der Waals surface area contributed by atoms with Crippen LogP contribution < -0.4 is 10.6 Å². The molecule has 2 aliphatic rings. The molecule has 2 rings (SSSR count). The molecular formula is C13H28BrN5. The van der Waals surface area contributed by atoms with Crippen LogP contribution in [0, 0.1) is 0 Å². The summed E-state index contributed by atoms with van der Waals surface area (Å²) in [6, 6.07) is 0. The van der Waals surface area contributed by atoms with Gasteiger partial charge in [-0.3, -0.25) is 9.89 Å². The molecule has 2 heterocycles. The van der Waals surface area contributed by atoms with Crippen LogP contribution in [0.15, 0.2) is 4.99 Å². The normalized spacial score (nSPS) is 21.8. The lowest BCUT2D eigenvalue weighted by atomic mass is 10.3. The molecule has 19 heavy (non-hydrogen) atoms. The third kappa shape index (κ3) is 6.10. The van der Waals surface area contributed by atoms with E-state index in [-0.39, 0.29) is 17.0 Å². The third-order valence-electron chi connectivity index (χ3n) is 3.78. The summed E-state index contributed by atoms with van der Waals surface area (Å²) in [5.41, 5.74) is 0. The highest BCUT2D eigenvalue weighted by molar-refractivity contribution is 8.93. The molecule has 0 aromatic heterocycles. The fourth-order valence-electron chi connectivity index (χ4n) is 2.47. The predicted molar refractivity (Wildman–Crippen MR) is 86.4 cm³/mol. The van der Waals surface area contributed by atoms with E-state index in [0.717, 1.165) is 32.1 Å². The molecule has 0 atom stereocenters. The molecule has 6 heteroatoms. The summed E-state index contributed by atoms with van der Waals surface area (Å²) in [4.78, 5) is 9.55. The van der Waals surface area contributed by atoms with E-state index in [1.165, 1.54) is 45.6 Å². The molecule has 0 aromatic carbocycles. The van der Waals surface area contributed by atoms with Crippen molar-refractivity contribution in [3.8, 4) is 0 Å². The van der Waals surface area contributed by atoms with Crippen molar-refractivity contribution in [2.45, 2.75) is 19.8 Å². The van der Waals surface area contributed by atoms with Gasteiger partial charge in [0.05, 0.1) is 0 Å². The minimum Gasteiger partial charge on any atom is -0.356 e. The number of halogens is 1. The van der Waals surface area contributed by atoms with E-state index in [2.05, 4.69) is 32.3 Å². The first-order valence-electron chi connectivity index (χ1n) is 7.35. The molecule has 0 spiro atoms. The van der Waals surface area contributed by atoms with Gasteiger partial charge in [-0.05, 0) is 19.4 Å². The number of aliphatic imine (C=N–C) groups is 1. The molecule has 2 N–H and O–H groups in total. The third-order valence-corrected chi connectivity index (χ3v) is 3.78. The Labute approximate surface area is 127 Å². The second-order valence-corrected chi connectivity index (χ2v) is 5.07. The fourth-order valence-corrected chi connectivity index (χ4v) is 2.47. The maximum Gasteiger partial charge on any atom is 0.191 e. The molecule has 1 saturated heterocycles. The van der Waals surface area contributed by atoms with Gasteiger partial charge >= 0.3 is 0 Å². The van der Waals surface area contributed by atoms with E-state index in [1.54, 1.807) is 0 Å². The standard InChI is InChI=1S/C13H27N5.BrH/c1-2-17-9-11-18(12-10-17)8-7-16-13-14-5-3-4-6-15-13;/h2-12H2,1H3,(H2,14,15,16);1H. The van der Waals surface area contributed by atoms with Crippen LogP contribution in [-0.4, -0.2) is 74.7 Å². The quantitative estimate of drug-likeness (QED) is 0.787. The molecule has 0 aromatic rings. The average molecular weight is 334 g/mol. The van der Waals surface area contributed by atoms with Gasteiger partial charge in [0.15, 0.2) is 5.96 Å². The van der Waals surface area contributed by atoms with Crippen LogP contribution in [0.5, 0.6) is 0 Å². The van der Waals surface area contributed by atoms with E-state index < -0.39 is 0 Å². The molecule has 5 nitrogen and oxygen atoms in total. The van der Waals surface area contributed by atoms with E-state index in [1.807, 2.05) is 0 Å².